The molecule has 3 N–H and O–H groups in total. The Morgan fingerprint density at radius 1 is 1.29 bits per heavy atom. The number of carbonyl (C=O) groups is 1. The molecular weight excluding hydrogens is 270 g/mol. The Hall–Kier alpha value is -2.50. The van der Waals surface area contributed by atoms with E-state index in [4.69, 9.17) is 15.2 Å². The van der Waals surface area contributed by atoms with Crippen molar-refractivity contribution >= 4 is 22.4 Å². The lowest BCUT2D eigenvalue weighted by Crippen LogP contribution is -2.30. The number of nitrogens with two attached hydrogens (primary N) is 1. The Labute approximate surface area is 123 Å². The number of nitrogens with zero attached hydrogens (tertiary/aromatic N) is 1. The third-order valence-electron chi connectivity index (χ3n) is 3.08. The first-order chi connectivity index (χ1) is 9.99. The molecule has 1 aromatic carbocycles. The van der Waals surface area contributed by atoms with E-state index in [0.29, 0.717) is 33.7 Å². The minimum absolute atomic E-state index is 0.0204. The van der Waals surface area contributed by atoms with Gasteiger partial charge in [0.15, 0.2) is 11.5 Å². The minimum atomic E-state index is -0.248. The lowest BCUT2D eigenvalue weighted by molar-refractivity contribution is 0.0940. The summed E-state index contributed by atoms with van der Waals surface area (Å²) >= 11 is 0. The van der Waals surface area contributed by atoms with Crippen LogP contribution in [0.4, 0.5) is 5.69 Å². The van der Waals surface area contributed by atoms with Gasteiger partial charge in [-0.2, -0.15) is 0 Å². The third kappa shape index (κ3) is 2.69. The molecule has 0 radical (unpaired) electrons. The fourth-order valence-corrected chi connectivity index (χ4v) is 2.18. The number of benzene rings is 1. The number of fused-ring (bicyclic) bond motifs is 1. The molecule has 0 aliphatic carbocycles. The van der Waals surface area contributed by atoms with E-state index in [1.165, 1.54) is 14.2 Å². The number of ether oxygens (including phenoxy) is 2. The van der Waals surface area contributed by atoms with Crippen LogP contribution in [0.3, 0.4) is 0 Å². The summed E-state index contributed by atoms with van der Waals surface area (Å²) in [6, 6.07) is 3.48. The average molecular weight is 289 g/mol. The van der Waals surface area contributed by atoms with E-state index in [1.807, 2.05) is 13.8 Å². The summed E-state index contributed by atoms with van der Waals surface area (Å²) in [5.74, 6) is 0.669. The van der Waals surface area contributed by atoms with E-state index < -0.39 is 0 Å². The molecule has 1 amide bonds. The summed E-state index contributed by atoms with van der Waals surface area (Å²) in [5.41, 5.74) is 6.85. The topological polar surface area (TPSA) is 86.5 Å². The average Bonchev–Trinajstić information content (AvgIpc) is 2.45. The van der Waals surface area contributed by atoms with Crippen LogP contribution in [0.2, 0.25) is 0 Å². The number of hydrogen-bond donors (Lipinski definition) is 2. The van der Waals surface area contributed by atoms with Gasteiger partial charge in [-0.15, -0.1) is 0 Å². The molecule has 0 saturated heterocycles. The van der Waals surface area contributed by atoms with Gasteiger partial charge in [-0.05, 0) is 26.0 Å². The number of pyridine rings is 1. The monoisotopic (exact) mass is 289 g/mol. The zero-order valence-electron chi connectivity index (χ0n) is 12.6. The zero-order valence-corrected chi connectivity index (χ0v) is 12.6. The van der Waals surface area contributed by atoms with E-state index in [1.54, 1.807) is 18.3 Å². The second-order valence-electron chi connectivity index (χ2n) is 4.91. The Morgan fingerprint density at radius 3 is 2.57 bits per heavy atom. The number of anilines is 1. The number of amides is 1. The molecule has 0 fully saturated rings. The molecule has 0 atom stereocenters. The van der Waals surface area contributed by atoms with Gasteiger partial charge in [0.05, 0.1) is 19.9 Å². The van der Waals surface area contributed by atoms with E-state index in [-0.39, 0.29) is 11.9 Å². The standard InChI is InChI=1S/C15H19N3O3/c1-8(2)18-15(19)13-10-7-11(20-3)14(21-4)12(16)9(10)5-6-17-13/h5-8H,16H2,1-4H3,(H,18,19). The van der Waals surface area contributed by atoms with E-state index in [2.05, 4.69) is 10.3 Å². The quantitative estimate of drug-likeness (QED) is 0.840. The zero-order chi connectivity index (χ0) is 15.6. The van der Waals surface area contributed by atoms with Crippen LogP contribution in [-0.4, -0.2) is 31.2 Å². The van der Waals surface area contributed by atoms with Crippen LogP contribution < -0.4 is 20.5 Å². The van der Waals surface area contributed by atoms with Gasteiger partial charge >= 0.3 is 0 Å². The summed E-state index contributed by atoms with van der Waals surface area (Å²) in [5, 5.41) is 4.16. The molecule has 1 heterocycles. The maximum Gasteiger partial charge on any atom is 0.270 e. The molecule has 6 nitrogen and oxygen atoms in total. The molecule has 0 spiro atoms. The van der Waals surface area contributed by atoms with Gasteiger partial charge in [-0.25, -0.2) is 0 Å². The van der Waals surface area contributed by atoms with Gasteiger partial charge in [0.2, 0.25) is 0 Å². The number of carbonyl (C=O) groups excluding carboxylic acids is 1. The van der Waals surface area contributed by atoms with Crippen LogP contribution in [-0.2, 0) is 0 Å². The first-order valence-corrected chi connectivity index (χ1v) is 6.59. The van der Waals surface area contributed by atoms with Gasteiger partial charge in [0, 0.05) is 23.0 Å². The first kappa shape index (κ1) is 14.9. The Morgan fingerprint density at radius 2 is 2.00 bits per heavy atom. The van der Waals surface area contributed by atoms with Gasteiger partial charge < -0.3 is 20.5 Å². The van der Waals surface area contributed by atoms with Gasteiger partial charge in [-0.3, -0.25) is 9.78 Å². The van der Waals surface area contributed by atoms with Crippen LogP contribution in [0, 0.1) is 0 Å². The van der Waals surface area contributed by atoms with Crippen LogP contribution in [0.15, 0.2) is 18.3 Å². The number of hydrogen-bond acceptors (Lipinski definition) is 5. The van der Waals surface area contributed by atoms with Crippen molar-refractivity contribution in [3.05, 3.63) is 24.0 Å². The number of nitrogen functional groups attached to an aromatic ring is 1. The lowest BCUT2D eigenvalue weighted by atomic mass is 10.1. The fraction of sp³-hybridized carbons (Fsp3) is 0.333. The molecule has 0 aliphatic rings. The van der Waals surface area contributed by atoms with Crippen molar-refractivity contribution in [2.24, 2.45) is 0 Å². The summed E-state index contributed by atoms with van der Waals surface area (Å²) < 4.78 is 10.5. The number of nitrogens with one attached hydrogen (secondary N) is 1. The maximum atomic E-state index is 12.2. The Kier molecular flexibility index (Phi) is 4.16. The molecule has 112 valence electrons. The number of rotatable bonds is 4. The predicted octanol–water partition coefficient (Wildman–Crippen LogP) is 1.97. The Bertz CT molecular complexity index is 683. The molecule has 0 bridgehead atoms. The number of aromatic nitrogens is 1. The maximum absolute atomic E-state index is 12.2. The predicted molar refractivity (Wildman–Crippen MR) is 81.9 cm³/mol. The highest BCUT2D eigenvalue weighted by Crippen LogP contribution is 2.40. The minimum Gasteiger partial charge on any atom is -0.493 e. The van der Waals surface area contributed by atoms with Crippen molar-refractivity contribution in [1.29, 1.82) is 0 Å². The van der Waals surface area contributed by atoms with Gasteiger partial charge in [0.1, 0.15) is 5.69 Å². The SMILES string of the molecule is COc1cc2c(C(=O)NC(C)C)nccc2c(N)c1OC. The smallest absolute Gasteiger partial charge is 0.270 e. The van der Waals surface area contributed by atoms with Crippen LogP contribution in [0.1, 0.15) is 24.3 Å². The van der Waals surface area contributed by atoms with E-state index in [9.17, 15) is 4.79 Å². The van der Waals surface area contributed by atoms with Crippen molar-refractivity contribution in [1.82, 2.24) is 10.3 Å². The van der Waals surface area contributed by atoms with E-state index >= 15 is 0 Å². The molecular formula is C15H19N3O3. The molecule has 21 heavy (non-hydrogen) atoms. The highest BCUT2D eigenvalue weighted by atomic mass is 16.5. The summed E-state index contributed by atoms with van der Waals surface area (Å²) in [6.45, 7) is 3.78. The van der Waals surface area contributed by atoms with E-state index in [0.717, 1.165) is 0 Å². The Balaban J connectivity index is 2.69. The van der Waals surface area contributed by atoms with Crippen molar-refractivity contribution in [2.75, 3.05) is 20.0 Å². The summed E-state index contributed by atoms with van der Waals surface area (Å²) in [4.78, 5) is 16.4. The van der Waals surface area contributed by atoms with Gasteiger partial charge in [0.25, 0.3) is 5.91 Å². The number of methoxy groups -OCH3 is 2. The van der Waals surface area contributed by atoms with Crippen LogP contribution in [0.5, 0.6) is 11.5 Å². The largest absolute Gasteiger partial charge is 0.493 e. The lowest BCUT2D eigenvalue weighted by Gasteiger charge is -2.15. The molecule has 6 heteroatoms. The summed E-state index contributed by atoms with van der Waals surface area (Å²) in [6.07, 6.45) is 1.56. The fourth-order valence-electron chi connectivity index (χ4n) is 2.18. The second-order valence-corrected chi connectivity index (χ2v) is 4.91. The normalized spacial score (nSPS) is 10.7. The first-order valence-electron chi connectivity index (χ1n) is 6.59. The molecule has 2 rings (SSSR count). The van der Waals surface area contributed by atoms with Crippen molar-refractivity contribution in [2.45, 2.75) is 19.9 Å². The van der Waals surface area contributed by atoms with Crippen molar-refractivity contribution in [3.63, 3.8) is 0 Å². The van der Waals surface area contributed by atoms with Crippen LogP contribution in [0.25, 0.3) is 10.8 Å². The van der Waals surface area contributed by atoms with Crippen molar-refractivity contribution < 1.29 is 14.3 Å². The molecule has 2 aromatic rings. The third-order valence-corrected chi connectivity index (χ3v) is 3.08. The second kappa shape index (κ2) is 5.87. The molecule has 0 unspecified atom stereocenters. The molecule has 0 saturated carbocycles. The van der Waals surface area contributed by atoms with Crippen molar-refractivity contribution in [3.8, 4) is 11.5 Å². The summed E-state index contributed by atoms with van der Waals surface area (Å²) in [7, 11) is 3.04. The molecule has 1 aromatic heterocycles. The van der Waals surface area contributed by atoms with Crippen LogP contribution >= 0.6 is 0 Å². The van der Waals surface area contributed by atoms with Gasteiger partial charge in [-0.1, -0.05) is 0 Å². The highest BCUT2D eigenvalue weighted by Gasteiger charge is 2.18. The molecule has 0 aliphatic heterocycles. The highest BCUT2D eigenvalue weighted by molar-refractivity contribution is 6.09.